The van der Waals surface area contributed by atoms with Gasteiger partial charge in [0.15, 0.2) is 0 Å². The van der Waals surface area contributed by atoms with Crippen molar-refractivity contribution in [3.63, 3.8) is 0 Å². The van der Waals surface area contributed by atoms with Gasteiger partial charge in [0.25, 0.3) is 0 Å². The van der Waals surface area contributed by atoms with Gasteiger partial charge in [0.1, 0.15) is 6.04 Å². The number of hydrogen-bond donors (Lipinski definition) is 2. The highest BCUT2D eigenvalue weighted by molar-refractivity contribution is 5.95. The van der Waals surface area contributed by atoms with Gasteiger partial charge in [-0.05, 0) is 37.3 Å². The lowest BCUT2D eigenvalue weighted by molar-refractivity contribution is -0.139. The molecule has 0 radical (unpaired) electrons. The van der Waals surface area contributed by atoms with E-state index in [-0.39, 0.29) is 12.5 Å². The van der Waals surface area contributed by atoms with Crippen LogP contribution in [0.1, 0.15) is 24.8 Å². The molecule has 0 spiro atoms. The van der Waals surface area contributed by atoms with Gasteiger partial charge in [0, 0.05) is 12.2 Å². The molecule has 1 unspecified atom stereocenters. The highest BCUT2D eigenvalue weighted by atomic mass is 16.4. The Hall–Kier alpha value is -2.30. The smallest absolute Gasteiger partial charge is 0.326 e. The number of anilines is 1. The second-order valence-electron chi connectivity index (χ2n) is 5.10. The Kier molecular flexibility index (Phi) is 4.98. The highest BCUT2D eigenvalue weighted by Gasteiger charge is 2.25. The first-order valence-electron chi connectivity index (χ1n) is 7.13. The molecule has 0 saturated carbocycles. The molecule has 21 heavy (non-hydrogen) atoms. The predicted molar refractivity (Wildman–Crippen MR) is 81.5 cm³/mol. The number of hydrogen-bond acceptors (Lipinski definition) is 2. The Morgan fingerprint density at radius 2 is 2.14 bits per heavy atom. The maximum absolute atomic E-state index is 12.4. The number of urea groups is 1. The first-order valence-corrected chi connectivity index (χ1v) is 7.13. The average Bonchev–Trinajstić information content (AvgIpc) is 2.69. The summed E-state index contributed by atoms with van der Waals surface area (Å²) in [6, 6.07) is 6.47. The van der Waals surface area contributed by atoms with E-state index in [1.807, 2.05) is 24.3 Å². The molecule has 112 valence electrons. The number of carbonyl (C=O) groups excluding carboxylic acids is 1. The van der Waals surface area contributed by atoms with E-state index in [2.05, 4.69) is 11.9 Å². The van der Waals surface area contributed by atoms with Gasteiger partial charge in [0.05, 0.1) is 0 Å². The van der Waals surface area contributed by atoms with Crippen molar-refractivity contribution in [2.45, 2.75) is 31.7 Å². The maximum Gasteiger partial charge on any atom is 0.326 e. The zero-order valence-electron chi connectivity index (χ0n) is 11.9. The van der Waals surface area contributed by atoms with Gasteiger partial charge in [-0.25, -0.2) is 9.59 Å². The first-order chi connectivity index (χ1) is 10.1. The van der Waals surface area contributed by atoms with Gasteiger partial charge in [-0.1, -0.05) is 24.3 Å². The van der Waals surface area contributed by atoms with Crippen molar-refractivity contribution in [3.05, 3.63) is 42.5 Å². The van der Waals surface area contributed by atoms with E-state index in [0.717, 1.165) is 30.5 Å². The Balaban J connectivity index is 2.18. The molecule has 0 aromatic heterocycles. The summed E-state index contributed by atoms with van der Waals surface area (Å²) in [6.45, 7) is 4.13. The van der Waals surface area contributed by atoms with Gasteiger partial charge in [-0.2, -0.15) is 0 Å². The van der Waals surface area contributed by atoms with Crippen LogP contribution in [0.3, 0.4) is 0 Å². The molecule has 1 atom stereocenters. The van der Waals surface area contributed by atoms with Crippen LogP contribution in [-0.4, -0.2) is 29.7 Å². The van der Waals surface area contributed by atoms with Gasteiger partial charge in [-0.3, -0.25) is 4.90 Å². The lowest BCUT2D eigenvalue weighted by Crippen LogP contribution is -2.48. The van der Waals surface area contributed by atoms with Crippen LogP contribution >= 0.6 is 0 Å². The van der Waals surface area contributed by atoms with Crippen LogP contribution < -0.4 is 10.2 Å². The van der Waals surface area contributed by atoms with E-state index in [4.69, 9.17) is 5.11 Å². The van der Waals surface area contributed by atoms with Crippen LogP contribution in [0.4, 0.5) is 10.5 Å². The molecular formula is C16H20N2O3. The number of aliphatic carboxylic acids is 1. The average molecular weight is 288 g/mol. The molecule has 2 N–H and O–H groups in total. The Labute approximate surface area is 124 Å². The topological polar surface area (TPSA) is 69.6 Å². The van der Waals surface area contributed by atoms with Gasteiger partial charge in [-0.15, -0.1) is 6.58 Å². The van der Waals surface area contributed by atoms with E-state index < -0.39 is 12.0 Å². The molecule has 1 aromatic carbocycles. The number of nitrogens with one attached hydrogen (secondary N) is 1. The first kappa shape index (κ1) is 15.1. The zero-order valence-corrected chi connectivity index (χ0v) is 11.9. The number of carboxylic acids is 1. The summed E-state index contributed by atoms with van der Waals surface area (Å²) < 4.78 is 0. The zero-order chi connectivity index (χ0) is 15.2. The van der Waals surface area contributed by atoms with E-state index >= 15 is 0 Å². The molecule has 0 fully saturated rings. The fraction of sp³-hybridized carbons (Fsp3) is 0.375. The number of fused-ring (bicyclic) bond motifs is 1. The molecule has 2 amide bonds. The second kappa shape index (κ2) is 6.92. The third-order valence-electron chi connectivity index (χ3n) is 3.60. The van der Waals surface area contributed by atoms with E-state index in [1.165, 1.54) is 6.08 Å². The normalized spacial score (nSPS) is 15.5. The van der Waals surface area contributed by atoms with Crippen molar-refractivity contribution in [1.82, 2.24) is 5.32 Å². The SMILES string of the molecule is C=CCC(NC(=O)N1CCCCc2ccccc21)C(=O)O. The van der Waals surface area contributed by atoms with Crippen LogP contribution in [0.5, 0.6) is 0 Å². The summed E-state index contributed by atoms with van der Waals surface area (Å²) in [5.74, 6) is -1.05. The molecule has 1 aromatic rings. The lowest BCUT2D eigenvalue weighted by atomic mass is 10.1. The molecule has 1 heterocycles. The fourth-order valence-electron chi connectivity index (χ4n) is 2.52. The van der Waals surface area contributed by atoms with Gasteiger partial charge < -0.3 is 10.4 Å². The van der Waals surface area contributed by atoms with Crippen molar-refractivity contribution < 1.29 is 14.7 Å². The minimum absolute atomic E-state index is 0.205. The standard InChI is InChI=1S/C16H20N2O3/c1-2-7-13(15(19)20)17-16(21)18-11-6-5-9-12-8-3-4-10-14(12)18/h2-4,8,10,13H,1,5-7,9,11H2,(H,17,21)(H,19,20). The van der Waals surface area contributed by atoms with Crippen LogP contribution in [-0.2, 0) is 11.2 Å². The monoisotopic (exact) mass is 288 g/mol. The minimum Gasteiger partial charge on any atom is -0.480 e. The van der Waals surface area contributed by atoms with Crippen LogP contribution in [0.15, 0.2) is 36.9 Å². The molecule has 1 aliphatic heterocycles. The van der Waals surface area contributed by atoms with E-state index in [1.54, 1.807) is 4.90 Å². The molecule has 5 nitrogen and oxygen atoms in total. The predicted octanol–water partition coefficient (Wildman–Crippen LogP) is 2.57. The second-order valence-corrected chi connectivity index (χ2v) is 5.10. The number of amides is 2. The summed E-state index contributed by atoms with van der Waals surface area (Å²) in [6.07, 6.45) is 4.57. The van der Waals surface area contributed by atoms with Crippen LogP contribution in [0.25, 0.3) is 0 Å². The maximum atomic E-state index is 12.4. The molecule has 0 aliphatic carbocycles. The number of aryl methyl sites for hydroxylation is 1. The number of benzene rings is 1. The van der Waals surface area contributed by atoms with Crippen molar-refractivity contribution in [1.29, 1.82) is 0 Å². The van der Waals surface area contributed by atoms with Crippen LogP contribution in [0, 0.1) is 0 Å². The Bertz CT molecular complexity index is 542. The molecule has 0 saturated heterocycles. The highest BCUT2D eigenvalue weighted by Crippen LogP contribution is 2.26. The number of rotatable bonds is 4. The summed E-state index contributed by atoms with van der Waals surface area (Å²) in [5.41, 5.74) is 2.00. The molecular weight excluding hydrogens is 268 g/mol. The van der Waals surface area contributed by atoms with E-state index in [9.17, 15) is 9.59 Å². The summed E-state index contributed by atoms with van der Waals surface area (Å²) >= 11 is 0. The van der Waals surface area contributed by atoms with Crippen molar-refractivity contribution in [3.8, 4) is 0 Å². The quantitative estimate of drug-likeness (QED) is 0.837. The third kappa shape index (κ3) is 3.62. The number of carboxylic acid groups (broad SMARTS) is 1. The summed E-state index contributed by atoms with van der Waals surface area (Å²) in [7, 11) is 0. The number of carbonyl (C=O) groups is 2. The van der Waals surface area contributed by atoms with Crippen molar-refractivity contribution >= 4 is 17.7 Å². The van der Waals surface area contributed by atoms with Gasteiger partial charge >= 0.3 is 12.0 Å². The largest absolute Gasteiger partial charge is 0.480 e. The van der Waals surface area contributed by atoms with Gasteiger partial charge in [0.2, 0.25) is 0 Å². The summed E-state index contributed by atoms with van der Waals surface area (Å²) in [5, 5.41) is 11.7. The van der Waals surface area contributed by atoms with E-state index in [0.29, 0.717) is 6.54 Å². The molecule has 1 aliphatic rings. The Morgan fingerprint density at radius 3 is 2.86 bits per heavy atom. The number of nitrogens with zero attached hydrogens (tertiary/aromatic N) is 1. The molecule has 5 heteroatoms. The number of para-hydroxylation sites is 1. The van der Waals surface area contributed by atoms with Crippen molar-refractivity contribution in [2.75, 3.05) is 11.4 Å². The Morgan fingerprint density at radius 1 is 1.38 bits per heavy atom. The summed E-state index contributed by atoms with van der Waals surface area (Å²) in [4.78, 5) is 25.2. The fourth-order valence-corrected chi connectivity index (χ4v) is 2.52. The lowest BCUT2D eigenvalue weighted by Gasteiger charge is -2.25. The third-order valence-corrected chi connectivity index (χ3v) is 3.60. The van der Waals surface area contributed by atoms with Crippen molar-refractivity contribution in [2.24, 2.45) is 0 Å². The minimum atomic E-state index is -1.05. The molecule has 0 bridgehead atoms. The van der Waals surface area contributed by atoms with Crippen LogP contribution in [0.2, 0.25) is 0 Å². The molecule has 2 rings (SSSR count).